The van der Waals surface area contributed by atoms with Gasteiger partial charge >= 0.3 is 5.97 Å². The summed E-state index contributed by atoms with van der Waals surface area (Å²) in [5.41, 5.74) is 1.91. The number of hydrogen-bond acceptors (Lipinski definition) is 5. The summed E-state index contributed by atoms with van der Waals surface area (Å²) < 4.78 is 5.30. The average Bonchev–Trinajstić information content (AvgIpc) is 2.65. The molecule has 0 N–H and O–H groups in total. The lowest BCUT2D eigenvalue weighted by atomic mass is 10.1. The molecular weight excluding hydrogens is 314 g/mol. The van der Waals surface area contributed by atoms with Crippen LogP contribution in [0.4, 0.5) is 11.4 Å². The lowest BCUT2D eigenvalue weighted by molar-refractivity contribution is -0.134. The quantitative estimate of drug-likeness (QED) is 0.263. The molecule has 0 unspecified atom stereocenters. The first-order chi connectivity index (χ1) is 12.2. The van der Waals surface area contributed by atoms with Crippen LogP contribution in [0.3, 0.4) is 0 Å². The highest BCUT2D eigenvalue weighted by Gasteiger charge is 2.04. The molecule has 0 atom stereocenters. The van der Waals surface area contributed by atoms with E-state index in [4.69, 9.17) is 10.00 Å². The van der Waals surface area contributed by atoms with E-state index in [0.717, 1.165) is 25.7 Å². The predicted molar refractivity (Wildman–Crippen MR) is 96.2 cm³/mol. The van der Waals surface area contributed by atoms with E-state index >= 15 is 0 Å². The second-order valence-corrected chi connectivity index (χ2v) is 5.64. The number of esters is 1. The average molecular weight is 335 g/mol. The van der Waals surface area contributed by atoms with Crippen LogP contribution in [0.1, 0.15) is 44.6 Å². The maximum absolute atomic E-state index is 11.7. The number of ether oxygens (including phenoxy) is 1. The van der Waals surface area contributed by atoms with Crippen LogP contribution in [0.25, 0.3) is 0 Å². The first-order valence-corrected chi connectivity index (χ1v) is 8.44. The van der Waals surface area contributed by atoms with Crippen molar-refractivity contribution in [3.8, 4) is 11.8 Å². The van der Waals surface area contributed by atoms with Crippen LogP contribution in [0.5, 0.6) is 5.75 Å². The maximum atomic E-state index is 11.7. The second kappa shape index (κ2) is 9.99. The third-order valence-corrected chi connectivity index (χ3v) is 3.58. The minimum atomic E-state index is -0.205. The minimum absolute atomic E-state index is 0.205. The van der Waals surface area contributed by atoms with Gasteiger partial charge in [-0.05, 0) is 55.0 Å². The SMILES string of the molecule is CCCCCCC(=O)Oc1ccc(N=Nc2ccc(C#N)cc2)cc1. The summed E-state index contributed by atoms with van der Waals surface area (Å²) in [5.74, 6) is 0.306. The topological polar surface area (TPSA) is 74.8 Å². The molecule has 0 radical (unpaired) electrons. The summed E-state index contributed by atoms with van der Waals surface area (Å²) >= 11 is 0. The molecule has 5 nitrogen and oxygen atoms in total. The van der Waals surface area contributed by atoms with Crippen LogP contribution in [0, 0.1) is 11.3 Å². The summed E-state index contributed by atoms with van der Waals surface area (Å²) in [7, 11) is 0. The molecule has 0 bridgehead atoms. The van der Waals surface area contributed by atoms with Crippen molar-refractivity contribution in [2.24, 2.45) is 10.2 Å². The standard InChI is InChI=1S/C20H21N3O2/c1-2-3-4-5-6-20(24)25-19-13-11-18(12-14-19)23-22-17-9-7-16(15-21)8-10-17/h7-14H,2-6H2,1H3. The summed E-state index contributed by atoms with van der Waals surface area (Å²) in [6.07, 6.45) is 4.66. The molecule has 0 aliphatic heterocycles. The smallest absolute Gasteiger partial charge is 0.311 e. The van der Waals surface area contributed by atoms with E-state index in [0.29, 0.717) is 29.1 Å². The van der Waals surface area contributed by atoms with Gasteiger partial charge in [-0.2, -0.15) is 15.5 Å². The molecular formula is C20H21N3O2. The zero-order valence-corrected chi connectivity index (χ0v) is 14.3. The summed E-state index contributed by atoms with van der Waals surface area (Å²) in [6, 6.07) is 15.8. The maximum Gasteiger partial charge on any atom is 0.311 e. The van der Waals surface area contributed by atoms with E-state index in [9.17, 15) is 4.79 Å². The van der Waals surface area contributed by atoms with E-state index in [1.165, 1.54) is 0 Å². The fourth-order valence-electron chi connectivity index (χ4n) is 2.18. The van der Waals surface area contributed by atoms with Crippen molar-refractivity contribution in [2.75, 3.05) is 0 Å². The highest BCUT2D eigenvalue weighted by Crippen LogP contribution is 2.22. The van der Waals surface area contributed by atoms with Crippen molar-refractivity contribution in [3.05, 3.63) is 54.1 Å². The molecule has 0 saturated carbocycles. The number of rotatable bonds is 8. The number of nitrogens with zero attached hydrogens (tertiary/aromatic N) is 3. The van der Waals surface area contributed by atoms with Gasteiger partial charge in [-0.25, -0.2) is 0 Å². The minimum Gasteiger partial charge on any atom is -0.427 e. The summed E-state index contributed by atoms with van der Waals surface area (Å²) in [5, 5.41) is 17.0. The fraction of sp³-hybridized carbons (Fsp3) is 0.300. The molecule has 0 aromatic heterocycles. The van der Waals surface area contributed by atoms with Crippen LogP contribution >= 0.6 is 0 Å². The molecule has 5 heteroatoms. The Kier molecular flexibility index (Phi) is 7.33. The van der Waals surface area contributed by atoms with Crippen LogP contribution in [-0.4, -0.2) is 5.97 Å². The van der Waals surface area contributed by atoms with Crippen molar-refractivity contribution in [1.29, 1.82) is 5.26 Å². The molecule has 2 aromatic carbocycles. The van der Waals surface area contributed by atoms with Gasteiger partial charge in [0.15, 0.2) is 0 Å². The Morgan fingerprint density at radius 3 is 2.12 bits per heavy atom. The molecule has 2 rings (SSSR count). The lowest BCUT2D eigenvalue weighted by Gasteiger charge is -2.04. The van der Waals surface area contributed by atoms with Crippen LogP contribution < -0.4 is 4.74 Å². The highest BCUT2D eigenvalue weighted by atomic mass is 16.5. The molecule has 128 valence electrons. The van der Waals surface area contributed by atoms with Gasteiger partial charge in [0.2, 0.25) is 0 Å². The van der Waals surface area contributed by atoms with Gasteiger partial charge in [0.1, 0.15) is 5.75 Å². The van der Waals surface area contributed by atoms with Crippen LogP contribution in [-0.2, 0) is 4.79 Å². The van der Waals surface area contributed by atoms with Crippen molar-refractivity contribution < 1.29 is 9.53 Å². The van der Waals surface area contributed by atoms with E-state index < -0.39 is 0 Å². The first kappa shape index (κ1) is 18.3. The molecule has 0 spiro atoms. The van der Waals surface area contributed by atoms with Crippen molar-refractivity contribution in [2.45, 2.75) is 39.0 Å². The Bertz CT molecular complexity index is 744. The molecule has 0 aliphatic rings. The fourth-order valence-corrected chi connectivity index (χ4v) is 2.18. The third-order valence-electron chi connectivity index (χ3n) is 3.58. The summed E-state index contributed by atoms with van der Waals surface area (Å²) in [4.78, 5) is 11.7. The van der Waals surface area contributed by atoms with Gasteiger partial charge in [-0.3, -0.25) is 4.79 Å². The number of unbranched alkanes of at least 4 members (excludes halogenated alkanes) is 3. The van der Waals surface area contributed by atoms with Gasteiger partial charge in [-0.1, -0.05) is 26.2 Å². The second-order valence-electron chi connectivity index (χ2n) is 5.64. The molecule has 2 aromatic rings. The van der Waals surface area contributed by atoms with Crippen molar-refractivity contribution in [3.63, 3.8) is 0 Å². The Morgan fingerprint density at radius 1 is 0.960 bits per heavy atom. The Morgan fingerprint density at radius 2 is 1.56 bits per heavy atom. The van der Waals surface area contributed by atoms with E-state index in [-0.39, 0.29) is 5.97 Å². The molecule has 0 saturated heterocycles. The predicted octanol–water partition coefficient (Wildman–Crippen LogP) is 5.85. The largest absolute Gasteiger partial charge is 0.427 e. The molecule has 25 heavy (non-hydrogen) atoms. The summed E-state index contributed by atoms with van der Waals surface area (Å²) in [6.45, 7) is 2.14. The number of hydrogen-bond donors (Lipinski definition) is 0. The third kappa shape index (κ3) is 6.56. The van der Waals surface area contributed by atoms with E-state index in [1.54, 1.807) is 48.5 Å². The number of carbonyl (C=O) groups excluding carboxylic acids is 1. The zero-order chi connectivity index (χ0) is 17.9. The molecule has 0 amide bonds. The van der Waals surface area contributed by atoms with Crippen LogP contribution in [0.15, 0.2) is 58.8 Å². The number of azo groups is 1. The van der Waals surface area contributed by atoms with Gasteiger partial charge in [0, 0.05) is 6.42 Å². The molecule has 0 fully saturated rings. The van der Waals surface area contributed by atoms with Gasteiger partial charge in [0.25, 0.3) is 0 Å². The highest BCUT2D eigenvalue weighted by molar-refractivity contribution is 5.72. The molecule has 0 aliphatic carbocycles. The van der Waals surface area contributed by atoms with Crippen molar-refractivity contribution in [1.82, 2.24) is 0 Å². The van der Waals surface area contributed by atoms with E-state index in [2.05, 4.69) is 23.2 Å². The Labute approximate surface area is 148 Å². The zero-order valence-electron chi connectivity index (χ0n) is 14.3. The van der Waals surface area contributed by atoms with Gasteiger partial charge in [0.05, 0.1) is 23.0 Å². The number of nitriles is 1. The first-order valence-electron chi connectivity index (χ1n) is 8.44. The van der Waals surface area contributed by atoms with Crippen molar-refractivity contribution >= 4 is 17.3 Å². The molecule has 0 heterocycles. The van der Waals surface area contributed by atoms with E-state index in [1.807, 2.05) is 0 Å². The number of carbonyl (C=O) groups is 1. The Balaban J connectivity index is 1.85. The number of benzene rings is 2. The van der Waals surface area contributed by atoms with Crippen LogP contribution in [0.2, 0.25) is 0 Å². The Hall–Kier alpha value is -3.00. The normalized spacial score (nSPS) is 10.6. The monoisotopic (exact) mass is 335 g/mol. The van der Waals surface area contributed by atoms with Gasteiger partial charge < -0.3 is 4.74 Å². The lowest BCUT2D eigenvalue weighted by Crippen LogP contribution is -2.07. The van der Waals surface area contributed by atoms with Gasteiger partial charge in [-0.15, -0.1) is 0 Å².